The van der Waals surface area contributed by atoms with Crippen molar-refractivity contribution < 1.29 is 8.78 Å². The van der Waals surface area contributed by atoms with Crippen molar-refractivity contribution >= 4 is 24.8 Å². The van der Waals surface area contributed by atoms with Gasteiger partial charge in [-0.1, -0.05) is 0 Å². The fraction of sp³-hybridized carbons (Fsp3) is 0.786. The van der Waals surface area contributed by atoms with Crippen molar-refractivity contribution in [3.63, 3.8) is 0 Å². The Hall–Kier alpha value is -0.430. The quantitative estimate of drug-likeness (QED) is 0.905. The van der Waals surface area contributed by atoms with E-state index in [1.54, 1.807) is 0 Å². The highest BCUT2D eigenvalue weighted by molar-refractivity contribution is 5.85. The number of alkyl halides is 2. The van der Waals surface area contributed by atoms with Crippen LogP contribution in [0.2, 0.25) is 0 Å². The molecule has 1 saturated heterocycles. The zero-order valence-electron chi connectivity index (χ0n) is 12.5. The Morgan fingerprint density at radius 3 is 2.45 bits per heavy atom. The molecule has 2 N–H and O–H groups in total. The molecule has 2 fully saturated rings. The zero-order chi connectivity index (χ0) is 14.2. The normalized spacial score (nSPS) is 25.5. The van der Waals surface area contributed by atoms with E-state index in [2.05, 4.69) is 10.00 Å². The first-order chi connectivity index (χ1) is 9.57. The predicted molar refractivity (Wildman–Crippen MR) is 87.0 cm³/mol. The molecule has 8 heteroatoms. The first-order valence-corrected chi connectivity index (χ1v) is 7.42. The summed E-state index contributed by atoms with van der Waals surface area (Å²) in [7, 11) is 0. The molecule has 4 nitrogen and oxygen atoms in total. The van der Waals surface area contributed by atoms with E-state index in [0.29, 0.717) is 31.5 Å². The van der Waals surface area contributed by atoms with Crippen molar-refractivity contribution in [2.75, 3.05) is 13.1 Å². The van der Waals surface area contributed by atoms with Crippen LogP contribution < -0.4 is 5.73 Å². The van der Waals surface area contributed by atoms with Crippen LogP contribution in [0.5, 0.6) is 0 Å². The van der Waals surface area contributed by atoms with Gasteiger partial charge in [-0.2, -0.15) is 5.10 Å². The molecule has 1 atom stereocenters. The fourth-order valence-corrected chi connectivity index (χ4v) is 3.39. The maximum atomic E-state index is 13.2. The number of halogens is 4. The van der Waals surface area contributed by atoms with E-state index in [-0.39, 0.29) is 37.7 Å². The summed E-state index contributed by atoms with van der Waals surface area (Å²) in [5, 5.41) is 4.36. The highest BCUT2D eigenvalue weighted by Gasteiger charge is 2.38. The summed E-state index contributed by atoms with van der Waals surface area (Å²) in [6, 6.07) is 0.682. The van der Waals surface area contributed by atoms with Gasteiger partial charge >= 0.3 is 0 Å². The van der Waals surface area contributed by atoms with Gasteiger partial charge in [-0.05, 0) is 19.3 Å². The van der Waals surface area contributed by atoms with Gasteiger partial charge in [0.25, 0.3) is 0 Å². The molecule has 3 rings (SSSR count). The van der Waals surface area contributed by atoms with Gasteiger partial charge in [0.05, 0.1) is 12.2 Å². The summed E-state index contributed by atoms with van der Waals surface area (Å²) in [6.07, 6.45) is 6.17. The van der Waals surface area contributed by atoms with Crippen LogP contribution in [-0.2, 0) is 6.54 Å². The number of nitrogens with two attached hydrogens (primary N) is 1. The van der Waals surface area contributed by atoms with Gasteiger partial charge in [-0.15, -0.1) is 24.8 Å². The van der Waals surface area contributed by atoms with Gasteiger partial charge in [-0.3, -0.25) is 9.58 Å². The van der Waals surface area contributed by atoms with E-state index in [0.717, 1.165) is 25.1 Å². The van der Waals surface area contributed by atoms with Gasteiger partial charge in [0.2, 0.25) is 5.92 Å². The lowest BCUT2D eigenvalue weighted by molar-refractivity contribution is -0.0518. The number of nitrogens with zero attached hydrogens (tertiary/aromatic N) is 3. The minimum Gasteiger partial charge on any atom is -0.326 e. The Labute approximate surface area is 142 Å². The van der Waals surface area contributed by atoms with Gasteiger partial charge < -0.3 is 5.73 Å². The lowest BCUT2D eigenvalue weighted by Gasteiger charge is -2.34. The summed E-state index contributed by atoms with van der Waals surface area (Å²) in [6.45, 7) is 2.41. The Kier molecular flexibility index (Phi) is 7.05. The smallest absolute Gasteiger partial charge is 0.248 e. The average molecular weight is 357 g/mol. The van der Waals surface area contributed by atoms with Crippen molar-refractivity contribution in [3.05, 3.63) is 18.0 Å². The second kappa shape index (κ2) is 7.90. The number of hydrogen-bond donors (Lipinski definition) is 1. The molecule has 0 amide bonds. The van der Waals surface area contributed by atoms with E-state index in [9.17, 15) is 8.78 Å². The summed E-state index contributed by atoms with van der Waals surface area (Å²) in [5.41, 5.74) is 6.64. The average Bonchev–Trinajstić information content (AvgIpc) is 3.07. The second-order valence-corrected chi connectivity index (χ2v) is 6.06. The van der Waals surface area contributed by atoms with Crippen molar-refractivity contribution in [3.8, 4) is 0 Å². The minimum atomic E-state index is -2.44. The third kappa shape index (κ3) is 4.31. The first-order valence-electron chi connectivity index (χ1n) is 7.42. The van der Waals surface area contributed by atoms with Crippen LogP contribution in [0.25, 0.3) is 0 Å². The van der Waals surface area contributed by atoms with Crippen LogP contribution in [0.15, 0.2) is 12.4 Å². The molecule has 1 aromatic heterocycles. The highest BCUT2D eigenvalue weighted by Crippen LogP contribution is 2.37. The predicted octanol–water partition coefficient (Wildman–Crippen LogP) is 3.01. The van der Waals surface area contributed by atoms with Gasteiger partial charge in [0.15, 0.2) is 0 Å². The number of likely N-dealkylation sites (tertiary alicyclic amines) is 1. The van der Waals surface area contributed by atoms with Gasteiger partial charge in [0.1, 0.15) is 0 Å². The molecule has 0 unspecified atom stereocenters. The summed E-state index contributed by atoms with van der Waals surface area (Å²) in [5.74, 6) is -2.44. The molecule has 2 aliphatic rings. The number of hydrogen-bond acceptors (Lipinski definition) is 3. The topological polar surface area (TPSA) is 47.1 Å². The van der Waals surface area contributed by atoms with E-state index < -0.39 is 5.92 Å². The minimum absolute atomic E-state index is 0. The van der Waals surface area contributed by atoms with Crippen LogP contribution in [0.1, 0.15) is 43.7 Å². The standard InChI is InChI=1S/C14H22F2N4.2ClH/c15-14(16)4-1-12(2-5-14)19-6-3-13(10-19)20-9-11(7-17)8-18-20;;/h8-9,12-13H,1-7,10,17H2;2*1H/t13-;;/m0../s1. The Morgan fingerprint density at radius 2 is 1.86 bits per heavy atom. The van der Waals surface area contributed by atoms with Crippen LogP contribution in [0.3, 0.4) is 0 Å². The first kappa shape index (κ1) is 19.6. The third-order valence-corrected chi connectivity index (χ3v) is 4.66. The fourth-order valence-electron chi connectivity index (χ4n) is 3.39. The Morgan fingerprint density at radius 1 is 1.18 bits per heavy atom. The summed E-state index contributed by atoms with van der Waals surface area (Å²) >= 11 is 0. The SMILES string of the molecule is Cl.Cl.NCc1cnn([C@H]2CCN(C3CCC(F)(F)CC3)C2)c1. The molecule has 1 saturated carbocycles. The number of aromatic nitrogens is 2. The highest BCUT2D eigenvalue weighted by atomic mass is 35.5. The maximum Gasteiger partial charge on any atom is 0.248 e. The molecule has 22 heavy (non-hydrogen) atoms. The van der Waals surface area contributed by atoms with Crippen LogP contribution in [0, 0.1) is 0 Å². The molecule has 0 bridgehead atoms. The molecule has 2 heterocycles. The molecular weight excluding hydrogens is 333 g/mol. The zero-order valence-corrected chi connectivity index (χ0v) is 14.1. The van der Waals surface area contributed by atoms with E-state index >= 15 is 0 Å². The van der Waals surface area contributed by atoms with Crippen LogP contribution in [0.4, 0.5) is 8.78 Å². The van der Waals surface area contributed by atoms with Crippen molar-refractivity contribution in [2.24, 2.45) is 5.73 Å². The Bertz CT molecular complexity index is 459. The lowest BCUT2D eigenvalue weighted by atomic mass is 9.91. The van der Waals surface area contributed by atoms with Crippen LogP contribution >= 0.6 is 24.8 Å². The second-order valence-electron chi connectivity index (χ2n) is 6.06. The largest absolute Gasteiger partial charge is 0.326 e. The third-order valence-electron chi connectivity index (χ3n) is 4.66. The summed E-state index contributed by atoms with van der Waals surface area (Å²) in [4.78, 5) is 2.36. The molecule has 0 spiro atoms. The van der Waals surface area contributed by atoms with Crippen molar-refractivity contribution in [2.45, 2.75) is 56.7 Å². The molecule has 0 aromatic carbocycles. The molecule has 1 aromatic rings. The van der Waals surface area contributed by atoms with E-state index in [1.165, 1.54) is 0 Å². The molecular formula is C14H24Cl2F2N4. The molecule has 1 aliphatic heterocycles. The molecule has 1 aliphatic carbocycles. The van der Waals surface area contributed by atoms with Gasteiger partial charge in [-0.25, -0.2) is 8.78 Å². The number of rotatable bonds is 3. The van der Waals surface area contributed by atoms with Gasteiger partial charge in [0, 0.05) is 50.3 Å². The monoisotopic (exact) mass is 356 g/mol. The molecule has 0 radical (unpaired) electrons. The molecule has 128 valence electrons. The van der Waals surface area contributed by atoms with E-state index in [1.807, 2.05) is 17.1 Å². The maximum absolute atomic E-state index is 13.2. The van der Waals surface area contributed by atoms with Crippen molar-refractivity contribution in [1.29, 1.82) is 0 Å². The van der Waals surface area contributed by atoms with Crippen molar-refractivity contribution in [1.82, 2.24) is 14.7 Å². The lowest BCUT2D eigenvalue weighted by Crippen LogP contribution is -2.39. The van der Waals surface area contributed by atoms with Crippen LogP contribution in [-0.4, -0.2) is 39.7 Å². The summed E-state index contributed by atoms with van der Waals surface area (Å²) < 4.78 is 28.4. The van der Waals surface area contributed by atoms with E-state index in [4.69, 9.17) is 5.73 Å². The Balaban J connectivity index is 0.00000121.